The smallest absolute Gasteiger partial charge is 0.223 e. The van der Waals surface area contributed by atoms with Crippen LogP contribution in [0.5, 0.6) is 5.75 Å². The van der Waals surface area contributed by atoms with Crippen molar-refractivity contribution in [2.45, 2.75) is 46.3 Å². The number of amides is 1. The molecule has 0 spiro atoms. The number of benzene rings is 2. The number of halogens is 1. The van der Waals surface area contributed by atoms with Gasteiger partial charge in [-0.25, -0.2) is 0 Å². The average Bonchev–Trinajstić information content (AvgIpc) is 3.15. The molecule has 0 saturated heterocycles. The fraction of sp³-hybridized carbons (Fsp3) is 0.417. The Kier molecular flexibility index (Phi) is 7.03. The number of carbonyl (C=O) groups is 1. The van der Waals surface area contributed by atoms with Crippen molar-refractivity contribution in [2.24, 2.45) is 10.6 Å². The third kappa shape index (κ3) is 6.23. The summed E-state index contributed by atoms with van der Waals surface area (Å²) < 4.78 is 5.21. The second-order valence-corrected chi connectivity index (χ2v) is 9.28. The van der Waals surface area contributed by atoms with Crippen LogP contribution in [-0.2, 0) is 16.2 Å². The van der Waals surface area contributed by atoms with Crippen LogP contribution in [0.25, 0.3) is 0 Å². The van der Waals surface area contributed by atoms with Gasteiger partial charge in [-0.3, -0.25) is 4.79 Å². The summed E-state index contributed by atoms with van der Waals surface area (Å²) in [7, 11) is 1.64. The lowest BCUT2D eigenvalue weighted by atomic mass is 9.91. The highest BCUT2D eigenvalue weighted by molar-refractivity contribution is 6.30. The monoisotopic (exact) mass is 428 g/mol. The van der Waals surface area contributed by atoms with Crippen LogP contribution < -0.4 is 4.74 Å². The Morgan fingerprint density at radius 1 is 1.23 bits per heavy atom. The highest BCUT2D eigenvalue weighted by Gasteiger charge is 2.28. The van der Waals surface area contributed by atoms with E-state index in [1.54, 1.807) is 7.11 Å². The van der Waals surface area contributed by atoms with Crippen molar-refractivity contribution in [3.8, 4) is 5.75 Å². The molecule has 1 heterocycles. The van der Waals surface area contributed by atoms with E-state index in [1.807, 2.05) is 53.4 Å². The van der Waals surface area contributed by atoms with E-state index in [1.165, 1.54) is 0 Å². The number of nitrogens with zero attached hydrogens (tertiary/aromatic N) is 2. The van der Waals surface area contributed by atoms with E-state index in [-0.39, 0.29) is 17.4 Å². The molecule has 0 N–H and O–H groups in total. The van der Waals surface area contributed by atoms with Crippen LogP contribution >= 0.6 is 11.6 Å². The number of methoxy groups -OCH3 is 1. The topological polar surface area (TPSA) is 51.1 Å². The molecule has 1 atom stereocenters. The van der Waals surface area contributed by atoms with Crippen molar-refractivity contribution in [1.29, 1.82) is 0 Å². The first-order valence-corrected chi connectivity index (χ1v) is 10.5. The van der Waals surface area contributed by atoms with Crippen molar-refractivity contribution in [1.82, 2.24) is 4.90 Å². The number of ether oxygens (including phenoxy) is 1. The van der Waals surface area contributed by atoms with E-state index >= 15 is 0 Å². The maximum Gasteiger partial charge on any atom is 0.223 e. The fourth-order valence-corrected chi connectivity index (χ4v) is 3.61. The Hall–Kier alpha value is -2.53. The van der Waals surface area contributed by atoms with Crippen molar-refractivity contribution in [2.75, 3.05) is 13.7 Å². The first kappa shape index (κ1) is 22.2. The van der Waals surface area contributed by atoms with Crippen molar-refractivity contribution < 1.29 is 14.4 Å². The van der Waals surface area contributed by atoms with Gasteiger partial charge in [-0.05, 0) is 52.9 Å². The molecule has 0 aromatic heterocycles. The van der Waals surface area contributed by atoms with E-state index in [0.29, 0.717) is 31.0 Å². The summed E-state index contributed by atoms with van der Waals surface area (Å²) in [6.45, 7) is 7.18. The van der Waals surface area contributed by atoms with Crippen LogP contribution in [0.4, 0.5) is 0 Å². The first-order valence-electron chi connectivity index (χ1n) is 10.1. The summed E-state index contributed by atoms with van der Waals surface area (Å²) in [6, 6.07) is 15.4. The van der Waals surface area contributed by atoms with E-state index < -0.39 is 0 Å². The molecule has 6 heteroatoms. The maximum atomic E-state index is 13.0. The highest BCUT2D eigenvalue weighted by Crippen LogP contribution is 2.24. The van der Waals surface area contributed by atoms with E-state index in [0.717, 1.165) is 22.6 Å². The molecule has 1 amide bonds. The molecular formula is C24H29ClN2O3. The summed E-state index contributed by atoms with van der Waals surface area (Å²) in [4.78, 5) is 20.6. The molecule has 1 aliphatic heterocycles. The summed E-state index contributed by atoms with van der Waals surface area (Å²) in [5.74, 6) is 0.902. The predicted molar refractivity (Wildman–Crippen MR) is 120 cm³/mol. The van der Waals surface area contributed by atoms with Crippen LogP contribution in [-0.4, -0.2) is 36.3 Å². The SMILES string of the molecule is COc1ccc(C2=NO[C@H](CN(Cc3cccc(Cl)c3)C(=O)CC(C)(C)C)C2)cc1. The van der Waals surface area contributed by atoms with Gasteiger partial charge in [-0.2, -0.15) is 0 Å². The standard InChI is InChI=1S/C24H29ClN2O3/c1-24(2,3)14-23(28)27(15-17-6-5-7-19(25)12-17)16-21-13-22(26-30-21)18-8-10-20(29-4)11-9-18/h5-12,21H,13-16H2,1-4H3/t21-/m0/s1. The summed E-state index contributed by atoms with van der Waals surface area (Å²) in [5, 5.41) is 4.93. The van der Waals surface area contributed by atoms with Gasteiger partial charge in [0, 0.05) is 24.4 Å². The Morgan fingerprint density at radius 2 is 1.97 bits per heavy atom. The molecule has 0 bridgehead atoms. The second kappa shape index (κ2) is 9.52. The fourth-order valence-electron chi connectivity index (χ4n) is 3.40. The minimum absolute atomic E-state index is 0.0923. The van der Waals surface area contributed by atoms with Crippen LogP contribution in [0.1, 0.15) is 44.7 Å². The number of hydrogen-bond donors (Lipinski definition) is 0. The van der Waals surface area contributed by atoms with Gasteiger partial charge in [-0.15, -0.1) is 0 Å². The molecule has 1 aliphatic rings. The average molecular weight is 429 g/mol. The molecule has 0 radical (unpaired) electrons. The predicted octanol–water partition coefficient (Wildman–Crippen LogP) is 5.31. The number of carbonyl (C=O) groups excluding carboxylic acids is 1. The number of hydrogen-bond acceptors (Lipinski definition) is 4. The Balaban J connectivity index is 1.69. The second-order valence-electron chi connectivity index (χ2n) is 8.84. The zero-order chi connectivity index (χ0) is 21.7. The molecule has 0 saturated carbocycles. The van der Waals surface area contributed by atoms with E-state index in [4.69, 9.17) is 21.2 Å². The molecule has 3 rings (SSSR count). The summed E-state index contributed by atoms with van der Waals surface area (Å²) >= 11 is 6.14. The Bertz CT molecular complexity index is 903. The van der Waals surface area contributed by atoms with Crippen molar-refractivity contribution in [3.63, 3.8) is 0 Å². The normalized spacial score (nSPS) is 16.0. The van der Waals surface area contributed by atoms with Crippen molar-refractivity contribution >= 4 is 23.2 Å². The molecule has 2 aromatic rings. The molecule has 0 unspecified atom stereocenters. The van der Waals surface area contributed by atoms with Gasteiger partial charge in [0.25, 0.3) is 0 Å². The highest BCUT2D eigenvalue weighted by atomic mass is 35.5. The molecule has 30 heavy (non-hydrogen) atoms. The van der Waals surface area contributed by atoms with Gasteiger partial charge in [0.1, 0.15) is 5.75 Å². The maximum absolute atomic E-state index is 13.0. The largest absolute Gasteiger partial charge is 0.497 e. The minimum atomic E-state index is -0.176. The minimum Gasteiger partial charge on any atom is -0.497 e. The quantitative estimate of drug-likeness (QED) is 0.600. The lowest BCUT2D eigenvalue weighted by Gasteiger charge is -2.28. The van der Waals surface area contributed by atoms with Gasteiger partial charge in [0.2, 0.25) is 5.91 Å². The molecular weight excluding hydrogens is 400 g/mol. The van der Waals surface area contributed by atoms with Crippen LogP contribution in [0, 0.1) is 5.41 Å². The first-order chi connectivity index (χ1) is 14.2. The van der Waals surface area contributed by atoms with Gasteiger partial charge in [0.05, 0.1) is 19.4 Å². The number of oxime groups is 1. The Morgan fingerprint density at radius 3 is 2.60 bits per heavy atom. The zero-order valence-electron chi connectivity index (χ0n) is 18.0. The van der Waals surface area contributed by atoms with Gasteiger partial charge >= 0.3 is 0 Å². The van der Waals surface area contributed by atoms with Gasteiger partial charge in [0.15, 0.2) is 6.10 Å². The van der Waals surface area contributed by atoms with Gasteiger partial charge in [-0.1, -0.05) is 49.7 Å². The summed E-state index contributed by atoms with van der Waals surface area (Å²) in [5.41, 5.74) is 2.79. The molecule has 0 fully saturated rings. The Labute approximate surface area is 183 Å². The number of rotatable bonds is 7. The molecule has 5 nitrogen and oxygen atoms in total. The third-order valence-corrected chi connectivity index (χ3v) is 5.11. The van der Waals surface area contributed by atoms with Crippen LogP contribution in [0.2, 0.25) is 5.02 Å². The van der Waals surface area contributed by atoms with Crippen molar-refractivity contribution in [3.05, 3.63) is 64.7 Å². The summed E-state index contributed by atoms with van der Waals surface area (Å²) in [6.07, 6.45) is 0.943. The molecule has 0 aliphatic carbocycles. The lowest BCUT2D eigenvalue weighted by Crippen LogP contribution is -2.38. The van der Waals surface area contributed by atoms with Crippen LogP contribution in [0.15, 0.2) is 53.7 Å². The third-order valence-electron chi connectivity index (χ3n) is 4.88. The van der Waals surface area contributed by atoms with E-state index in [2.05, 4.69) is 25.9 Å². The molecule has 160 valence electrons. The lowest BCUT2D eigenvalue weighted by molar-refractivity contribution is -0.135. The van der Waals surface area contributed by atoms with E-state index in [9.17, 15) is 4.79 Å². The van der Waals surface area contributed by atoms with Crippen LogP contribution in [0.3, 0.4) is 0 Å². The molecule has 2 aromatic carbocycles. The van der Waals surface area contributed by atoms with Gasteiger partial charge < -0.3 is 14.5 Å². The zero-order valence-corrected chi connectivity index (χ0v) is 18.8.